The lowest BCUT2D eigenvalue weighted by atomic mass is 9.88. The summed E-state index contributed by atoms with van der Waals surface area (Å²) in [5.41, 5.74) is 1.94. The summed E-state index contributed by atoms with van der Waals surface area (Å²) in [5, 5.41) is 0. The fourth-order valence-corrected chi connectivity index (χ4v) is 3.55. The number of carbonyl (C=O) groups is 1. The van der Waals surface area contributed by atoms with Gasteiger partial charge in [-0.15, -0.1) is 0 Å². The lowest BCUT2D eigenvalue weighted by molar-refractivity contribution is -0.166. The Morgan fingerprint density at radius 3 is 1.86 bits per heavy atom. The van der Waals surface area contributed by atoms with Crippen LogP contribution in [0.2, 0.25) is 0 Å². The van der Waals surface area contributed by atoms with Gasteiger partial charge in [-0.1, -0.05) is 60.7 Å². The lowest BCUT2D eigenvalue weighted by Crippen LogP contribution is -2.61. The van der Waals surface area contributed by atoms with Crippen LogP contribution in [0.1, 0.15) is 44.7 Å². The van der Waals surface area contributed by atoms with E-state index in [4.69, 9.17) is 9.47 Å². The van der Waals surface area contributed by atoms with Gasteiger partial charge in [-0.25, -0.2) is 0 Å². The van der Waals surface area contributed by atoms with E-state index in [1.54, 1.807) is 0 Å². The SMILES string of the molecule is CC(C)(C)OC(=O)CCC1(N(Cc2ccccc2)Cc2ccccc2)COC1. The van der Waals surface area contributed by atoms with Gasteiger partial charge < -0.3 is 9.47 Å². The van der Waals surface area contributed by atoms with Crippen molar-refractivity contribution in [2.24, 2.45) is 0 Å². The monoisotopic (exact) mass is 381 g/mol. The second-order valence-electron chi connectivity index (χ2n) is 8.63. The topological polar surface area (TPSA) is 38.8 Å². The number of benzene rings is 2. The summed E-state index contributed by atoms with van der Waals surface area (Å²) in [4.78, 5) is 14.8. The quantitative estimate of drug-likeness (QED) is 0.628. The Morgan fingerprint density at radius 1 is 0.964 bits per heavy atom. The Morgan fingerprint density at radius 2 is 1.46 bits per heavy atom. The predicted molar refractivity (Wildman–Crippen MR) is 111 cm³/mol. The molecule has 0 saturated carbocycles. The molecular formula is C24H31NO3. The van der Waals surface area contributed by atoms with Crippen LogP contribution in [-0.4, -0.2) is 35.2 Å². The molecule has 0 N–H and O–H groups in total. The van der Waals surface area contributed by atoms with Crippen LogP contribution in [-0.2, 0) is 27.4 Å². The third kappa shape index (κ3) is 5.66. The van der Waals surface area contributed by atoms with Crippen LogP contribution in [0.25, 0.3) is 0 Å². The van der Waals surface area contributed by atoms with Gasteiger partial charge >= 0.3 is 5.97 Å². The van der Waals surface area contributed by atoms with Gasteiger partial charge in [0.1, 0.15) is 5.60 Å². The van der Waals surface area contributed by atoms with E-state index in [1.807, 2.05) is 32.9 Å². The van der Waals surface area contributed by atoms with E-state index in [1.165, 1.54) is 11.1 Å². The van der Waals surface area contributed by atoms with E-state index in [2.05, 4.69) is 53.4 Å². The van der Waals surface area contributed by atoms with Crippen LogP contribution in [0, 0.1) is 0 Å². The summed E-state index contributed by atoms with van der Waals surface area (Å²) in [6.07, 6.45) is 1.14. The van der Waals surface area contributed by atoms with Crippen molar-refractivity contribution in [1.29, 1.82) is 0 Å². The number of esters is 1. The zero-order valence-corrected chi connectivity index (χ0v) is 17.2. The third-order valence-electron chi connectivity index (χ3n) is 5.06. The largest absolute Gasteiger partial charge is 0.460 e. The minimum atomic E-state index is -0.450. The highest BCUT2D eigenvalue weighted by Crippen LogP contribution is 2.33. The van der Waals surface area contributed by atoms with Crippen molar-refractivity contribution < 1.29 is 14.3 Å². The predicted octanol–water partition coefficient (Wildman–Crippen LogP) is 4.58. The van der Waals surface area contributed by atoms with E-state index in [0.29, 0.717) is 19.6 Å². The minimum absolute atomic E-state index is 0.136. The van der Waals surface area contributed by atoms with Crippen LogP contribution in [0.3, 0.4) is 0 Å². The van der Waals surface area contributed by atoms with Gasteiger partial charge in [-0.2, -0.15) is 0 Å². The first-order valence-electron chi connectivity index (χ1n) is 9.99. The minimum Gasteiger partial charge on any atom is -0.460 e. The molecule has 1 aliphatic rings. The average Bonchev–Trinajstić information content (AvgIpc) is 2.61. The summed E-state index contributed by atoms with van der Waals surface area (Å²) < 4.78 is 11.2. The maximum absolute atomic E-state index is 12.3. The van der Waals surface area contributed by atoms with Gasteiger partial charge in [0.15, 0.2) is 0 Å². The van der Waals surface area contributed by atoms with Crippen LogP contribution in [0.4, 0.5) is 0 Å². The Labute approximate surface area is 168 Å². The second-order valence-corrected chi connectivity index (χ2v) is 8.63. The highest BCUT2D eigenvalue weighted by atomic mass is 16.6. The van der Waals surface area contributed by atoms with E-state index in [0.717, 1.165) is 19.5 Å². The number of nitrogens with zero attached hydrogens (tertiary/aromatic N) is 1. The highest BCUT2D eigenvalue weighted by molar-refractivity contribution is 5.70. The normalized spacial score (nSPS) is 15.9. The first-order chi connectivity index (χ1) is 13.4. The van der Waals surface area contributed by atoms with Crippen molar-refractivity contribution >= 4 is 5.97 Å². The molecule has 1 saturated heterocycles. The van der Waals surface area contributed by atoms with Crippen molar-refractivity contribution in [3.8, 4) is 0 Å². The van der Waals surface area contributed by atoms with E-state index < -0.39 is 5.60 Å². The van der Waals surface area contributed by atoms with Gasteiger partial charge in [0, 0.05) is 19.5 Å². The molecule has 28 heavy (non-hydrogen) atoms. The molecule has 4 nitrogen and oxygen atoms in total. The third-order valence-corrected chi connectivity index (χ3v) is 5.06. The van der Waals surface area contributed by atoms with Crippen molar-refractivity contribution in [2.75, 3.05) is 13.2 Å². The van der Waals surface area contributed by atoms with Gasteiger partial charge in [-0.3, -0.25) is 9.69 Å². The molecule has 0 atom stereocenters. The molecule has 0 amide bonds. The van der Waals surface area contributed by atoms with Crippen LogP contribution in [0.5, 0.6) is 0 Å². The van der Waals surface area contributed by atoms with Gasteiger partial charge in [0.2, 0.25) is 0 Å². The van der Waals surface area contributed by atoms with Gasteiger partial charge in [-0.05, 0) is 38.3 Å². The molecule has 3 rings (SSSR count). The molecule has 0 spiro atoms. The van der Waals surface area contributed by atoms with Crippen molar-refractivity contribution in [3.05, 3.63) is 71.8 Å². The van der Waals surface area contributed by atoms with Gasteiger partial charge in [0.05, 0.1) is 18.8 Å². The zero-order valence-electron chi connectivity index (χ0n) is 17.2. The Bertz CT molecular complexity index is 707. The molecule has 0 unspecified atom stereocenters. The number of carbonyl (C=O) groups excluding carboxylic acids is 1. The lowest BCUT2D eigenvalue weighted by Gasteiger charge is -2.50. The Balaban J connectivity index is 1.75. The number of hydrogen-bond donors (Lipinski definition) is 0. The summed E-state index contributed by atoms with van der Waals surface area (Å²) >= 11 is 0. The van der Waals surface area contributed by atoms with Crippen LogP contribution in [0.15, 0.2) is 60.7 Å². The molecule has 0 aromatic heterocycles. The maximum Gasteiger partial charge on any atom is 0.306 e. The van der Waals surface area contributed by atoms with Crippen molar-refractivity contribution in [2.45, 2.75) is 57.8 Å². The smallest absolute Gasteiger partial charge is 0.306 e. The van der Waals surface area contributed by atoms with E-state index >= 15 is 0 Å². The molecule has 2 aromatic rings. The van der Waals surface area contributed by atoms with Crippen LogP contribution >= 0.6 is 0 Å². The molecule has 4 heteroatoms. The van der Waals surface area contributed by atoms with E-state index in [9.17, 15) is 4.79 Å². The van der Waals surface area contributed by atoms with Crippen molar-refractivity contribution in [1.82, 2.24) is 4.90 Å². The summed E-state index contributed by atoms with van der Waals surface area (Å²) in [6, 6.07) is 21.0. The molecule has 0 radical (unpaired) electrons. The maximum atomic E-state index is 12.3. The van der Waals surface area contributed by atoms with E-state index in [-0.39, 0.29) is 11.5 Å². The number of rotatable bonds is 8. The summed E-state index contributed by atoms with van der Waals surface area (Å²) in [6.45, 7) is 8.67. The molecule has 0 bridgehead atoms. The zero-order chi connectivity index (χ0) is 20.0. The highest BCUT2D eigenvalue weighted by Gasteiger charge is 2.44. The number of ether oxygens (including phenoxy) is 2. The summed E-state index contributed by atoms with van der Waals surface area (Å²) in [5.74, 6) is -0.141. The first kappa shape index (κ1) is 20.6. The van der Waals surface area contributed by atoms with Crippen molar-refractivity contribution in [3.63, 3.8) is 0 Å². The fraction of sp³-hybridized carbons (Fsp3) is 0.458. The van der Waals surface area contributed by atoms with Crippen LogP contribution < -0.4 is 0 Å². The molecular weight excluding hydrogens is 350 g/mol. The average molecular weight is 382 g/mol. The molecule has 0 aliphatic carbocycles. The molecule has 2 aromatic carbocycles. The molecule has 1 fully saturated rings. The fourth-order valence-electron chi connectivity index (χ4n) is 3.55. The molecule has 1 aliphatic heterocycles. The standard InChI is InChI=1S/C24H31NO3/c1-23(2,3)28-22(26)14-15-24(18-27-19-24)25(16-20-10-6-4-7-11-20)17-21-12-8-5-9-13-21/h4-13H,14-19H2,1-3H3. The second kappa shape index (κ2) is 8.89. The molecule has 1 heterocycles. The first-order valence-corrected chi connectivity index (χ1v) is 9.99. The Hall–Kier alpha value is -2.17. The Kier molecular flexibility index (Phi) is 6.53. The van der Waals surface area contributed by atoms with Gasteiger partial charge in [0.25, 0.3) is 0 Å². The summed E-state index contributed by atoms with van der Waals surface area (Å²) in [7, 11) is 0. The number of hydrogen-bond acceptors (Lipinski definition) is 4. The molecule has 150 valence electrons.